The number of benzene rings is 1. The lowest BCUT2D eigenvalue weighted by molar-refractivity contribution is -0.138. The normalized spacial score (nSPS) is 21.6. The summed E-state index contributed by atoms with van der Waals surface area (Å²) in [5.41, 5.74) is 0.820. The highest BCUT2D eigenvalue weighted by Gasteiger charge is 2.55. The van der Waals surface area contributed by atoms with Gasteiger partial charge >= 0.3 is 6.03 Å². The molecule has 24 heavy (non-hydrogen) atoms. The van der Waals surface area contributed by atoms with Crippen molar-refractivity contribution in [2.45, 2.75) is 24.8 Å². The number of urea groups is 1. The predicted molar refractivity (Wildman–Crippen MR) is 84.6 cm³/mol. The van der Waals surface area contributed by atoms with E-state index in [1.165, 1.54) is 4.90 Å². The van der Waals surface area contributed by atoms with Crippen LogP contribution in [-0.2, 0) is 21.5 Å². The van der Waals surface area contributed by atoms with E-state index in [1.807, 2.05) is 30.3 Å². The summed E-state index contributed by atoms with van der Waals surface area (Å²) in [7, 11) is 1.55. The Labute approximate surface area is 139 Å². The third-order valence-electron chi connectivity index (χ3n) is 4.70. The van der Waals surface area contributed by atoms with Gasteiger partial charge in [-0.05, 0) is 24.0 Å². The summed E-state index contributed by atoms with van der Waals surface area (Å²) in [6.45, 7) is -0.0382. The van der Waals surface area contributed by atoms with Crippen LogP contribution in [0.15, 0.2) is 24.3 Å². The number of rotatable bonds is 4. The van der Waals surface area contributed by atoms with Crippen molar-refractivity contribution in [1.82, 2.24) is 15.1 Å². The second-order valence-corrected chi connectivity index (χ2v) is 6.11. The summed E-state index contributed by atoms with van der Waals surface area (Å²) >= 11 is 0. The van der Waals surface area contributed by atoms with Gasteiger partial charge in [-0.25, -0.2) is 4.79 Å². The van der Waals surface area contributed by atoms with Gasteiger partial charge < -0.3 is 10.2 Å². The number of hydrogen-bond acceptors (Lipinski definition) is 4. The van der Waals surface area contributed by atoms with Gasteiger partial charge in [0.1, 0.15) is 12.1 Å². The molecule has 1 N–H and O–H groups in total. The van der Waals surface area contributed by atoms with Gasteiger partial charge in [-0.1, -0.05) is 24.3 Å². The molecule has 7 nitrogen and oxygen atoms in total. The highest BCUT2D eigenvalue weighted by atomic mass is 16.2. The minimum Gasteiger partial charge on any atom is -0.343 e. The zero-order valence-electron chi connectivity index (χ0n) is 13.4. The molecule has 1 unspecified atom stereocenters. The number of fused-ring (bicyclic) bond motifs is 2. The molecule has 0 saturated carbocycles. The van der Waals surface area contributed by atoms with E-state index in [0.717, 1.165) is 16.0 Å². The van der Waals surface area contributed by atoms with E-state index in [2.05, 4.69) is 5.32 Å². The molecule has 0 bridgehead atoms. The number of carbonyl (C=O) groups is 3. The Balaban J connectivity index is 1.79. The number of amides is 4. The first-order valence-electron chi connectivity index (χ1n) is 7.83. The Morgan fingerprint density at radius 2 is 2.17 bits per heavy atom. The molecular weight excluding hydrogens is 308 g/mol. The zero-order chi connectivity index (χ0) is 17.3. The summed E-state index contributed by atoms with van der Waals surface area (Å²) < 4.78 is 0. The second-order valence-electron chi connectivity index (χ2n) is 6.11. The third kappa shape index (κ3) is 2.40. The van der Waals surface area contributed by atoms with Crippen molar-refractivity contribution in [2.24, 2.45) is 0 Å². The number of hydrogen-bond donors (Lipinski definition) is 1. The lowest BCUT2D eigenvalue weighted by Gasteiger charge is -2.23. The predicted octanol–water partition coefficient (Wildman–Crippen LogP) is 0.752. The Morgan fingerprint density at radius 3 is 2.92 bits per heavy atom. The van der Waals surface area contributed by atoms with E-state index in [0.29, 0.717) is 12.8 Å². The van der Waals surface area contributed by atoms with Gasteiger partial charge in [0.2, 0.25) is 5.91 Å². The van der Waals surface area contributed by atoms with Gasteiger partial charge in [0, 0.05) is 13.6 Å². The number of aryl methyl sites for hydroxylation is 1. The average molecular weight is 326 g/mol. The number of nitrogens with one attached hydrogen (secondary N) is 1. The maximum atomic E-state index is 12.9. The monoisotopic (exact) mass is 326 g/mol. The van der Waals surface area contributed by atoms with E-state index >= 15 is 0 Å². The molecule has 0 radical (unpaired) electrons. The molecule has 7 heteroatoms. The number of likely N-dealkylation sites (N-methyl/N-ethyl adjacent to an activating group) is 1. The van der Waals surface area contributed by atoms with Gasteiger partial charge in [0.05, 0.1) is 12.5 Å². The SMILES string of the molecule is CN(CCC#N)C(=O)CN1C(=O)NC2(CCc3ccccc32)C1=O. The zero-order valence-corrected chi connectivity index (χ0v) is 13.4. The highest BCUT2D eigenvalue weighted by molar-refractivity contribution is 6.09. The lowest BCUT2D eigenvalue weighted by atomic mass is 9.92. The molecule has 1 atom stereocenters. The minimum atomic E-state index is -1.04. The molecule has 124 valence electrons. The average Bonchev–Trinajstić information content (AvgIpc) is 3.06. The number of carbonyl (C=O) groups excluding carboxylic acids is 3. The van der Waals surface area contributed by atoms with Crippen molar-refractivity contribution in [2.75, 3.05) is 20.1 Å². The topological polar surface area (TPSA) is 93.5 Å². The van der Waals surface area contributed by atoms with Crippen LogP contribution in [0, 0.1) is 11.3 Å². The van der Waals surface area contributed by atoms with Gasteiger partial charge in [-0.15, -0.1) is 0 Å². The van der Waals surface area contributed by atoms with Crippen molar-refractivity contribution < 1.29 is 14.4 Å². The van der Waals surface area contributed by atoms with Crippen molar-refractivity contribution in [3.63, 3.8) is 0 Å². The first-order valence-corrected chi connectivity index (χ1v) is 7.83. The molecular formula is C17H18N4O3. The smallest absolute Gasteiger partial charge is 0.325 e. The summed E-state index contributed by atoms with van der Waals surface area (Å²) in [6.07, 6.45) is 1.43. The molecule has 0 aromatic heterocycles. The quantitative estimate of drug-likeness (QED) is 0.826. The molecule has 1 fully saturated rings. The van der Waals surface area contributed by atoms with Crippen molar-refractivity contribution in [3.8, 4) is 6.07 Å². The van der Waals surface area contributed by atoms with Crippen LogP contribution >= 0.6 is 0 Å². The standard InChI is InChI=1S/C17H18N4O3/c1-20(10-4-9-18)14(22)11-21-15(23)17(19-16(21)24)8-7-12-5-2-3-6-13(12)17/h2-3,5-6H,4,7-8,10-11H2,1H3,(H,19,24). The maximum Gasteiger partial charge on any atom is 0.325 e. The molecule has 1 spiro atoms. The van der Waals surface area contributed by atoms with Crippen LogP contribution in [-0.4, -0.2) is 47.8 Å². The minimum absolute atomic E-state index is 0.208. The fraction of sp³-hybridized carbons (Fsp3) is 0.412. The number of nitriles is 1. The molecule has 1 aromatic rings. The maximum absolute atomic E-state index is 12.9. The van der Waals surface area contributed by atoms with Crippen LogP contribution < -0.4 is 5.32 Å². The van der Waals surface area contributed by atoms with Gasteiger partial charge in [-0.2, -0.15) is 5.26 Å². The molecule has 1 aliphatic carbocycles. The van der Waals surface area contributed by atoms with Gasteiger partial charge in [0.25, 0.3) is 5.91 Å². The summed E-state index contributed by atoms with van der Waals surface area (Å²) in [5, 5.41) is 11.4. The van der Waals surface area contributed by atoms with E-state index in [4.69, 9.17) is 5.26 Å². The van der Waals surface area contributed by atoms with Crippen LogP contribution in [0.25, 0.3) is 0 Å². The molecule has 4 amide bonds. The number of imide groups is 1. The third-order valence-corrected chi connectivity index (χ3v) is 4.70. The second kappa shape index (κ2) is 5.96. The van der Waals surface area contributed by atoms with Crippen molar-refractivity contribution in [1.29, 1.82) is 5.26 Å². The van der Waals surface area contributed by atoms with Gasteiger partial charge in [-0.3, -0.25) is 14.5 Å². The summed E-state index contributed by atoms with van der Waals surface area (Å²) in [5.74, 6) is -0.739. The summed E-state index contributed by atoms with van der Waals surface area (Å²) in [4.78, 5) is 39.7. The first kappa shape index (κ1) is 16.0. The van der Waals surface area contributed by atoms with Gasteiger partial charge in [0.15, 0.2) is 0 Å². The Morgan fingerprint density at radius 1 is 1.42 bits per heavy atom. The first-order chi connectivity index (χ1) is 11.5. The van der Waals surface area contributed by atoms with E-state index in [9.17, 15) is 14.4 Å². The van der Waals surface area contributed by atoms with Crippen LogP contribution in [0.5, 0.6) is 0 Å². The fourth-order valence-corrected chi connectivity index (χ4v) is 3.33. The van der Waals surface area contributed by atoms with E-state index < -0.39 is 11.6 Å². The molecule has 1 aliphatic heterocycles. The Bertz CT molecular complexity index is 754. The molecule has 1 saturated heterocycles. The largest absolute Gasteiger partial charge is 0.343 e. The molecule has 1 heterocycles. The summed E-state index contributed by atoms with van der Waals surface area (Å²) in [6, 6.07) is 8.97. The molecule has 3 rings (SSSR count). The van der Waals surface area contributed by atoms with Crippen molar-refractivity contribution >= 4 is 17.8 Å². The van der Waals surface area contributed by atoms with Crippen LogP contribution in [0.4, 0.5) is 4.79 Å². The fourth-order valence-electron chi connectivity index (χ4n) is 3.33. The van der Waals surface area contributed by atoms with Crippen molar-refractivity contribution in [3.05, 3.63) is 35.4 Å². The van der Waals surface area contributed by atoms with Crippen LogP contribution in [0.3, 0.4) is 0 Å². The molecule has 2 aliphatic rings. The lowest BCUT2D eigenvalue weighted by Crippen LogP contribution is -2.44. The van der Waals surface area contributed by atoms with Crippen LogP contribution in [0.2, 0.25) is 0 Å². The van der Waals surface area contributed by atoms with E-state index in [-0.39, 0.29) is 31.3 Å². The Kier molecular flexibility index (Phi) is 3.97. The van der Waals surface area contributed by atoms with E-state index in [1.54, 1.807) is 7.05 Å². The number of nitrogens with zero attached hydrogens (tertiary/aromatic N) is 3. The Hall–Kier alpha value is -2.88. The molecule has 1 aromatic carbocycles. The van der Waals surface area contributed by atoms with Crippen LogP contribution in [0.1, 0.15) is 24.0 Å². The highest BCUT2D eigenvalue weighted by Crippen LogP contribution is 2.41.